The van der Waals surface area contributed by atoms with E-state index in [0.29, 0.717) is 0 Å². The van der Waals surface area contributed by atoms with Gasteiger partial charge in [0.05, 0.1) is 24.0 Å². The van der Waals surface area contributed by atoms with Crippen LogP contribution in [0.25, 0.3) is 0 Å². The van der Waals surface area contributed by atoms with Crippen LogP contribution in [0.2, 0.25) is 0 Å². The molecular weight excluding hydrogens is 395 g/mol. The van der Waals surface area contributed by atoms with Crippen molar-refractivity contribution < 1.29 is 9.47 Å². The van der Waals surface area contributed by atoms with E-state index >= 15 is 0 Å². The lowest BCUT2D eigenvalue weighted by atomic mass is 10.1. The van der Waals surface area contributed by atoms with Gasteiger partial charge in [-0.15, -0.1) is 11.8 Å². The molecule has 1 aliphatic rings. The number of ether oxygens (including phenoxy) is 2. The molecule has 1 aliphatic heterocycles. The average molecular weight is 414 g/mol. The van der Waals surface area contributed by atoms with Crippen LogP contribution in [0.15, 0.2) is 14.7 Å². The number of benzene rings is 1. The summed E-state index contributed by atoms with van der Waals surface area (Å²) in [6, 6.07) is 0. The molecule has 0 N–H and O–H groups in total. The van der Waals surface area contributed by atoms with Gasteiger partial charge in [-0.25, -0.2) is 0 Å². The van der Waals surface area contributed by atoms with E-state index in [9.17, 15) is 0 Å². The number of likely N-dealkylation sites (N-methyl/N-ethyl adjacent to an activating group) is 1. The van der Waals surface area contributed by atoms with Crippen LogP contribution in [0, 0.1) is 0 Å². The Morgan fingerprint density at radius 2 is 1.59 bits per heavy atom. The van der Waals surface area contributed by atoms with E-state index in [1.807, 2.05) is 20.6 Å². The largest absolute Gasteiger partial charge is 0.492 e. The number of rotatable bonds is 6. The molecule has 1 aromatic carbocycles. The van der Waals surface area contributed by atoms with Gasteiger partial charge in [-0.2, -0.15) is 0 Å². The lowest BCUT2D eigenvalue weighted by Crippen LogP contribution is -2.16. The van der Waals surface area contributed by atoms with E-state index in [1.54, 1.807) is 56.4 Å². The highest BCUT2D eigenvalue weighted by Gasteiger charge is 2.28. The zero-order valence-corrected chi connectivity index (χ0v) is 18.0. The van der Waals surface area contributed by atoms with Crippen molar-refractivity contribution in [3.8, 4) is 11.5 Å². The molecule has 0 saturated heterocycles. The van der Waals surface area contributed by atoms with Gasteiger partial charge in [0.1, 0.15) is 0 Å². The van der Waals surface area contributed by atoms with E-state index in [2.05, 4.69) is 25.3 Å². The third-order valence-electron chi connectivity index (χ3n) is 3.08. The van der Waals surface area contributed by atoms with Crippen molar-refractivity contribution in [3.63, 3.8) is 0 Å². The number of methoxy groups -OCH3 is 2. The maximum absolute atomic E-state index is 5.71. The molecule has 1 aromatic rings. The molecule has 2 rings (SSSR count). The van der Waals surface area contributed by atoms with Gasteiger partial charge in [-0.1, -0.05) is 0 Å². The maximum atomic E-state index is 5.71. The summed E-state index contributed by atoms with van der Waals surface area (Å²) in [6.07, 6.45) is 3.11. The third kappa shape index (κ3) is 4.29. The number of hydrogen-bond donors (Lipinski definition) is 0. The molecule has 0 saturated carbocycles. The van der Waals surface area contributed by atoms with Crippen LogP contribution in [-0.2, 0) is 6.42 Å². The first-order chi connectivity index (χ1) is 10.6. The minimum absolute atomic E-state index is 0.864. The number of thioether (sulfide) groups is 1. The SMILES string of the molecule is COc1c(OC)c2c(c(CCN(C)C)c1SC)SSSSS2. The first-order valence-corrected chi connectivity index (χ1v) is 13.9. The molecule has 0 bridgehead atoms. The second kappa shape index (κ2) is 9.39. The van der Waals surface area contributed by atoms with Crippen LogP contribution in [0.5, 0.6) is 11.5 Å². The molecule has 3 nitrogen and oxygen atoms in total. The molecule has 0 aromatic heterocycles. The minimum atomic E-state index is 0.864. The van der Waals surface area contributed by atoms with E-state index in [4.69, 9.17) is 9.47 Å². The van der Waals surface area contributed by atoms with Gasteiger partial charge in [0, 0.05) is 11.4 Å². The maximum Gasteiger partial charge on any atom is 0.177 e. The van der Waals surface area contributed by atoms with Crippen LogP contribution in [0.4, 0.5) is 0 Å². The Morgan fingerprint density at radius 1 is 0.955 bits per heavy atom. The molecule has 0 fully saturated rings. The molecule has 124 valence electrons. The first kappa shape index (κ1) is 19.2. The Labute approximate surface area is 155 Å². The van der Waals surface area contributed by atoms with Gasteiger partial charge in [-0.3, -0.25) is 0 Å². The Morgan fingerprint density at radius 3 is 2.14 bits per heavy atom. The van der Waals surface area contributed by atoms with Crippen molar-refractivity contribution in [3.05, 3.63) is 5.56 Å². The highest BCUT2D eigenvalue weighted by Crippen LogP contribution is 2.64. The molecule has 0 atom stereocenters. The summed E-state index contributed by atoms with van der Waals surface area (Å²) in [5.74, 6) is 1.73. The fraction of sp³-hybridized carbons (Fsp3) is 0.538. The van der Waals surface area contributed by atoms with Crippen molar-refractivity contribution in [2.24, 2.45) is 0 Å². The smallest absolute Gasteiger partial charge is 0.177 e. The minimum Gasteiger partial charge on any atom is -0.492 e. The fourth-order valence-electron chi connectivity index (χ4n) is 2.11. The summed E-state index contributed by atoms with van der Waals surface area (Å²) in [5.41, 5.74) is 1.38. The molecule has 0 aliphatic carbocycles. The van der Waals surface area contributed by atoms with Crippen LogP contribution < -0.4 is 9.47 Å². The Balaban J connectivity index is 2.62. The first-order valence-electron chi connectivity index (χ1n) is 6.48. The van der Waals surface area contributed by atoms with Crippen molar-refractivity contribution in [1.29, 1.82) is 0 Å². The van der Waals surface area contributed by atoms with Gasteiger partial charge in [0.25, 0.3) is 0 Å². The lowest BCUT2D eigenvalue weighted by molar-refractivity contribution is 0.336. The van der Waals surface area contributed by atoms with Gasteiger partial charge in [0.15, 0.2) is 11.5 Å². The average Bonchev–Trinajstić information content (AvgIpc) is 2.76. The molecule has 22 heavy (non-hydrogen) atoms. The van der Waals surface area contributed by atoms with Crippen LogP contribution in [-0.4, -0.2) is 46.0 Å². The van der Waals surface area contributed by atoms with Gasteiger partial charge < -0.3 is 14.4 Å². The topological polar surface area (TPSA) is 21.7 Å². The number of fused-ring (bicyclic) bond motifs is 1. The number of hydrogen-bond acceptors (Lipinski definition) is 9. The molecule has 0 spiro atoms. The quantitative estimate of drug-likeness (QED) is 0.436. The zero-order valence-electron chi connectivity index (χ0n) is 13.1. The predicted molar refractivity (Wildman–Crippen MR) is 108 cm³/mol. The molecule has 0 unspecified atom stereocenters. The summed E-state index contributed by atoms with van der Waals surface area (Å²) >= 11 is 1.74. The summed E-state index contributed by atoms with van der Waals surface area (Å²) in [5, 5.41) is 0. The second-order valence-electron chi connectivity index (χ2n) is 4.66. The van der Waals surface area contributed by atoms with Gasteiger partial charge in [0.2, 0.25) is 0 Å². The highest BCUT2D eigenvalue weighted by atomic mass is 33.8. The van der Waals surface area contributed by atoms with Gasteiger partial charge in [-0.05, 0) is 83.4 Å². The summed E-state index contributed by atoms with van der Waals surface area (Å²) in [6.45, 7) is 1.02. The second-order valence-corrected chi connectivity index (χ2v) is 12.9. The van der Waals surface area contributed by atoms with E-state index in [0.717, 1.165) is 24.5 Å². The Hall–Kier alpha value is 0.880. The molecule has 9 heteroatoms. The van der Waals surface area contributed by atoms with Crippen molar-refractivity contribution in [2.75, 3.05) is 41.1 Å². The van der Waals surface area contributed by atoms with Gasteiger partial charge >= 0.3 is 0 Å². The van der Waals surface area contributed by atoms with Crippen molar-refractivity contribution in [1.82, 2.24) is 4.90 Å². The lowest BCUT2D eigenvalue weighted by Gasteiger charge is -2.22. The Bertz CT molecular complexity index is 526. The zero-order chi connectivity index (χ0) is 16.1. The molecule has 0 radical (unpaired) electrons. The van der Waals surface area contributed by atoms with Crippen molar-refractivity contribution >= 4 is 62.8 Å². The van der Waals surface area contributed by atoms with Crippen LogP contribution in [0.3, 0.4) is 0 Å². The predicted octanol–water partition coefficient (Wildman–Crippen LogP) is 5.59. The summed E-state index contributed by atoms with van der Waals surface area (Å²) < 4.78 is 11.4. The standard InChI is InChI=1S/C13H19NO2S6/c1-14(2)7-6-8-11(17-5)9(15-3)10(16-4)13-12(8)18-20-22-21-19-13/h6-7H2,1-5H3. The Kier molecular flexibility index (Phi) is 8.19. The molecular formula is C13H19NO2S6. The third-order valence-corrected chi connectivity index (χ3v) is 12.4. The van der Waals surface area contributed by atoms with Crippen LogP contribution >= 0.6 is 62.8 Å². The normalized spacial score (nSPS) is 14.6. The van der Waals surface area contributed by atoms with E-state index in [-0.39, 0.29) is 0 Å². The summed E-state index contributed by atoms with van der Waals surface area (Å²) in [4.78, 5) is 5.94. The molecule has 0 amide bonds. The van der Waals surface area contributed by atoms with E-state index < -0.39 is 0 Å². The van der Waals surface area contributed by atoms with Crippen molar-refractivity contribution in [2.45, 2.75) is 21.1 Å². The molecule has 1 heterocycles. The monoisotopic (exact) mass is 413 g/mol. The highest BCUT2D eigenvalue weighted by molar-refractivity contribution is 9.36. The van der Waals surface area contributed by atoms with Crippen LogP contribution in [0.1, 0.15) is 5.56 Å². The number of nitrogens with zero attached hydrogens (tertiary/aromatic N) is 1. The fourth-order valence-corrected chi connectivity index (χ4v) is 12.2. The van der Waals surface area contributed by atoms with E-state index in [1.165, 1.54) is 20.2 Å². The summed E-state index contributed by atoms with van der Waals surface area (Å²) in [7, 11) is 16.7.